The lowest BCUT2D eigenvalue weighted by atomic mass is 10.1. The van der Waals surface area contributed by atoms with E-state index < -0.39 is 0 Å². The first-order valence-electron chi connectivity index (χ1n) is 6.53. The van der Waals surface area contributed by atoms with E-state index in [0.717, 1.165) is 25.9 Å². The molecule has 1 atom stereocenters. The highest BCUT2D eigenvalue weighted by Crippen LogP contribution is 2.08. The lowest BCUT2D eigenvalue weighted by Crippen LogP contribution is -2.09. The third-order valence-corrected chi connectivity index (χ3v) is 2.67. The van der Waals surface area contributed by atoms with Crippen molar-refractivity contribution in [1.82, 2.24) is 0 Å². The van der Waals surface area contributed by atoms with Crippen molar-refractivity contribution in [3.8, 4) is 0 Å². The summed E-state index contributed by atoms with van der Waals surface area (Å²) >= 11 is 0. The Hall–Kier alpha value is -0.0800. The van der Waals surface area contributed by atoms with Crippen LogP contribution in [0.5, 0.6) is 0 Å². The van der Waals surface area contributed by atoms with Crippen LogP contribution in [0.2, 0.25) is 0 Å². The van der Waals surface area contributed by atoms with Crippen LogP contribution in [0.4, 0.5) is 0 Å². The van der Waals surface area contributed by atoms with Crippen molar-refractivity contribution in [2.24, 2.45) is 0 Å². The second kappa shape index (κ2) is 12.0. The Morgan fingerprint density at radius 1 is 1.00 bits per heavy atom. The Kier molecular flexibility index (Phi) is 11.9. The molecule has 0 aliphatic rings. The van der Waals surface area contributed by atoms with Gasteiger partial charge >= 0.3 is 0 Å². The minimum absolute atomic E-state index is 0.312. The summed E-state index contributed by atoms with van der Waals surface area (Å²) in [6.45, 7) is 5.57. The predicted octanol–water partition coefficient (Wildman–Crippen LogP) is 3.52. The van der Waals surface area contributed by atoms with Gasteiger partial charge in [0.2, 0.25) is 0 Å². The van der Waals surface area contributed by atoms with Crippen molar-refractivity contribution in [2.45, 2.75) is 71.3 Å². The van der Waals surface area contributed by atoms with Gasteiger partial charge in [-0.3, -0.25) is 0 Å². The molecule has 15 heavy (non-hydrogen) atoms. The van der Waals surface area contributed by atoms with E-state index in [0.29, 0.717) is 12.7 Å². The van der Waals surface area contributed by atoms with Gasteiger partial charge in [-0.05, 0) is 32.6 Å². The van der Waals surface area contributed by atoms with Crippen molar-refractivity contribution < 1.29 is 9.84 Å². The molecule has 1 N–H and O–H groups in total. The van der Waals surface area contributed by atoms with Gasteiger partial charge in [0.1, 0.15) is 0 Å². The van der Waals surface area contributed by atoms with E-state index in [2.05, 4.69) is 13.8 Å². The molecule has 0 spiro atoms. The van der Waals surface area contributed by atoms with Crippen molar-refractivity contribution >= 4 is 0 Å². The zero-order valence-corrected chi connectivity index (χ0v) is 10.5. The summed E-state index contributed by atoms with van der Waals surface area (Å²) in [6, 6.07) is 0. The lowest BCUT2D eigenvalue weighted by molar-refractivity contribution is 0.0552. The highest BCUT2D eigenvalue weighted by Gasteiger charge is 2.01. The fraction of sp³-hybridized carbons (Fsp3) is 1.00. The fourth-order valence-electron chi connectivity index (χ4n) is 1.62. The first-order chi connectivity index (χ1) is 7.31. The van der Waals surface area contributed by atoms with Gasteiger partial charge in [0.05, 0.1) is 6.10 Å². The van der Waals surface area contributed by atoms with E-state index >= 15 is 0 Å². The SMILES string of the molecule is CCCCCCC(C)OCCCCCO. The Balaban J connectivity index is 3.08. The Morgan fingerprint density at radius 2 is 1.73 bits per heavy atom. The highest BCUT2D eigenvalue weighted by atomic mass is 16.5. The van der Waals surface area contributed by atoms with E-state index in [-0.39, 0.29) is 0 Å². The second-order valence-electron chi connectivity index (χ2n) is 4.32. The predicted molar refractivity (Wildman–Crippen MR) is 65.1 cm³/mol. The summed E-state index contributed by atoms with van der Waals surface area (Å²) in [5, 5.41) is 8.60. The molecule has 0 amide bonds. The zero-order chi connectivity index (χ0) is 11.4. The molecule has 92 valence electrons. The van der Waals surface area contributed by atoms with E-state index in [9.17, 15) is 0 Å². The summed E-state index contributed by atoms with van der Waals surface area (Å²) in [6.07, 6.45) is 9.98. The smallest absolute Gasteiger partial charge is 0.0547 e. The summed E-state index contributed by atoms with van der Waals surface area (Å²) < 4.78 is 5.69. The molecule has 0 aliphatic heterocycles. The molecule has 0 aromatic rings. The minimum atomic E-state index is 0.312. The quantitative estimate of drug-likeness (QED) is 0.535. The molecule has 1 unspecified atom stereocenters. The largest absolute Gasteiger partial charge is 0.396 e. The number of hydrogen-bond donors (Lipinski definition) is 1. The lowest BCUT2D eigenvalue weighted by Gasteiger charge is -2.12. The third-order valence-electron chi connectivity index (χ3n) is 2.67. The molecule has 0 aromatic carbocycles. The Labute approximate surface area is 95.0 Å². The zero-order valence-electron chi connectivity index (χ0n) is 10.5. The summed E-state index contributed by atoms with van der Waals surface area (Å²) in [7, 11) is 0. The van der Waals surface area contributed by atoms with Gasteiger partial charge in [-0.2, -0.15) is 0 Å². The first-order valence-corrected chi connectivity index (χ1v) is 6.53. The number of aliphatic hydroxyl groups excluding tert-OH is 1. The van der Waals surface area contributed by atoms with Crippen LogP contribution < -0.4 is 0 Å². The van der Waals surface area contributed by atoms with Crippen LogP contribution in [0.25, 0.3) is 0 Å². The van der Waals surface area contributed by atoms with Crippen LogP contribution in [-0.4, -0.2) is 24.4 Å². The molecular weight excluding hydrogens is 188 g/mol. The molecule has 2 heteroatoms. The maximum absolute atomic E-state index is 8.60. The standard InChI is InChI=1S/C13H28O2/c1-3-4-5-7-10-13(2)15-12-9-6-8-11-14/h13-14H,3-12H2,1-2H3. The van der Waals surface area contributed by atoms with Crippen LogP contribution in [0, 0.1) is 0 Å². The highest BCUT2D eigenvalue weighted by molar-refractivity contribution is 4.52. The minimum Gasteiger partial charge on any atom is -0.396 e. The van der Waals surface area contributed by atoms with E-state index in [1.54, 1.807) is 0 Å². The Morgan fingerprint density at radius 3 is 2.40 bits per heavy atom. The fourth-order valence-corrected chi connectivity index (χ4v) is 1.62. The topological polar surface area (TPSA) is 29.5 Å². The van der Waals surface area contributed by atoms with Gasteiger partial charge in [-0.15, -0.1) is 0 Å². The number of unbranched alkanes of at least 4 members (excludes halogenated alkanes) is 5. The van der Waals surface area contributed by atoms with Crippen LogP contribution in [0.15, 0.2) is 0 Å². The molecule has 0 aromatic heterocycles. The second-order valence-corrected chi connectivity index (χ2v) is 4.32. The van der Waals surface area contributed by atoms with Crippen LogP contribution in [-0.2, 0) is 4.74 Å². The van der Waals surface area contributed by atoms with Crippen molar-refractivity contribution in [3.05, 3.63) is 0 Å². The number of aliphatic hydroxyl groups is 1. The number of hydrogen-bond acceptors (Lipinski definition) is 2. The van der Waals surface area contributed by atoms with Gasteiger partial charge < -0.3 is 9.84 Å². The first kappa shape index (κ1) is 14.9. The van der Waals surface area contributed by atoms with Crippen molar-refractivity contribution in [2.75, 3.05) is 13.2 Å². The normalized spacial score (nSPS) is 13.0. The molecule has 0 radical (unpaired) electrons. The van der Waals surface area contributed by atoms with Gasteiger partial charge in [-0.25, -0.2) is 0 Å². The van der Waals surface area contributed by atoms with Gasteiger partial charge in [0.15, 0.2) is 0 Å². The maximum Gasteiger partial charge on any atom is 0.0547 e. The Bertz CT molecular complexity index is 115. The third kappa shape index (κ3) is 11.8. The maximum atomic E-state index is 8.60. The summed E-state index contributed by atoms with van der Waals surface area (Å²) in [5.74, 6) is 0. The average molecular weight is 216 g/mol. The van der Waals surface area contributed by atoms with E-state index in [1.165, 1.54) is 32.1 Å². The van der Waals surface area contributed by atoms with Crippen LogP contribution in [0.3, 0.4) is 0 Å². The molecule has 2 nitrogen and oxygen atoms in total. The van der Waals surface area contributed by atoms with Crippen molar-refractivity contribution in [1.29, 1.82) is 0 Å². The van der Waals surface area contributed by atoms with Crippen LogP contribution >= 0.6 is 0 Å². The van der Waals surface area contributed by atoms with E-state index in [1.807, 2.05) is 0 Å². The number of rotatable bonds is 11. The van der Waals surface area contributed by atoms with Gasteiger partial charge in [0.25, 0.3) is 0 Å². The summed E-state index contributed by atoms with van der Waals surface area (Å²) in [5.41, 5.74) is 0. The van der Waals surface area contributed by atoms with Gasteiger partial charge in [-0.1, -0.05) is 32.6 Å². The molecular formula is C13H28O2. The molecule has 0 saturated carbocycles. The molecule has 0 aliphatic carbocycles. The monoisotopic (exact) mass is 216 g/mol. The van der Waals surface area contributed by atoms with Crippen molar-refractivity contribution in [3.63, 3.8) is 0 Å². The molecule has 0 saturated heterocycles. The molecule has 0 rings (SSSR count). The molecule has 0 bridgehead atoms. The number of ether oxygens (including phenoxy) is 1. The van der Waals surface area contributed by atoms with Crippen LogP contribution in [0.1, 0.15) is 65.2 Å². The molecule has 0 fully saturated rings. The molecule has 0 heterocycles. The average Bonchev–Trinajstić information content (AvgIpc) is 2.24. The van der Waals surface area contributed by atoms with E-state index in [4.69, 9.17) is 9.84 Å². The summed E-state index contributed by atoms with van der Waals surface area (Å²) in [4.78, 5) is 0. The van der Waals surface area contributed by atoms with Gasteiger partial charge in [0, 0.05) is 13.2 Å².